The molecule has 0 radical (unpaired) electrons. The van der Waals surface area contributed by atoms with Crippen molar-refractivity contribution < 1.29 is 4.74 Å². The van der Waals surface area contributed by atoms with Gasteiger partial charge in [-0.3, -0.25) is 5.41 Å². The summed E-state index contributed by atoms with van der Waals surface area (Å²) >= 11 is 0. The van der Waals surface area contributed by atoms with Gasteiger partial charge < -0.3 is 15.4 Å². The van der Waals surface area contributed by atoms with Crippen LogP contribution < -0.4 is 15.4 Å². The first kappa shape index (κ1) is 16.3. The predicted molar refractivity (Wildman–Crippen MR) is 83.6 cm³/mol. The van der Waals surface area contributed by atoms with Crippen molar-refractivity contribution in [1.82, 2.24) is 4.98 Å². The number of pyridine rings is 1. The Hall–Kier alpha value is -1.78. The second kappa shape index (κ2) is 8.40. The summed E-state index contributed by atoms with van der Waals surface area (Å²) in [7, 11) is 0. The molecule has 3 N–H and O–H groups in total. The Kier molecular flexibility index (Phi) is 6.84. The average Bonchev–Trinajstić information content (AvgIpc) is 2.41. The second-order valence-corrected chi connectivity index (χ2v) is 5.29. The van der Waals surface area contributed by atoms with E-state index in [1.807, 2.05) is 12.1 Å². The van der Waals surface area contributed by atoms with Gasteiger partial charge >= 0.3 is 0 Å². The number of amidine groups is 1. The van der Waals surface area contributed by atoms with Gasteiger partial charge in [-0.2, -0.15) is 0 Å². The van der Waals surface area contributed by atoms with Crippen LogP contribution in [0.5, 0.6) is 5.75 Å². The molecule has 0 spiro atoms. The lowest BCUT2D eigenvalue weighted by atomic mass is 10.2. The van der Waals surface area contributed by atoms with Gasteiger partial charge in [0.15, 0.2) is 11.6 Å². The third-order valence-electron chi connectivity index (χ3n) is 2.75. The van der Waals surface area contributed by atoms with Crippen molar-refractivity contribution in [1.29, 1.82) is 5.41 Å². The smallest absolute Gasteiger partial charge is 0.171 e. The van der Waals surface area contributed by atoms with Crippen LogP contribution in [0.15, 0.2) is 18.3 Å². The van der Waals surface area contributed by atoms with E-state index in [9.17, 15) is 0 Å². The van der Waals surface area contributed by atoms with Gasteiger partial charge in [0, 0.05) is 25.7 Å². The molecule has 1 heterocycles. The number of aromatic nitrogens is 1. The topological polar surface area (TPSA) is 75.2 Å². The molecule has 112 valence electrons. The predicted octanol–water partition coefficient (Wildman–Crippen LogP) is 2.66. The molecule has 0 aromatic carbocycles. The van der Waals surface area contributed by atoms with Crippen molar-refractivity contribution in [2.75, 3.05) is 24.6 Å². The summed E-state index contributed by atoms with van der Waals surface area (Å²) in [6.45, 7) is 8.64. The third-order valence-corrected chi connectivity index (χ3v) is 2.75. The number of ether oxygens (including phenoxy) is 1. The maximum absolute atomic E-state index is 7.40. The zero-order valence-electron chi connectivity index (χ0n) is 12.7. The fourth-order valence-electron chi connectivity index (χ4n) is 1.92. The number of nitrogens with two attached hydrogens (primary N) is 1. The van der Waals surface area contributed by atoms with Gasteiger partial charge in [-0.05, 0) is 24.5 Å². The van der Waals surface area contributed by atoms with Crippen molar-refractivity contribution in [3.05, 3.63) is 18.3 Å². The quantitative estimate of drug-likeness (QED) is 0.538. The highest BCUT2D eigenvalue weighted by Gasteiger charge is 2.15. The molecule has 0 unspecified atom stereocenters. The van der Waals surface area contributed by atoms with Crippen LogP contribution in [-0.4, -0.2) is 30.5 Å². The van der Waals surface area contributed by atoms with Crippen molar-refractivity contribution in [3.8, 4) is 5.75 Å². The molecule has 5 heteroatoms. The lowest BCUT2D eigenvalue weighted by molar-refractivity contribution is 0.316. The minimum Gasteiger partial charge on any atom is -0.490 e. The van der Waals surface area contributed by atoms with E-state index in [-0.39, 0.29) is 5.84 Å². The highest BCUT2D eigenvalue weighted by atomic mass is 16.5. The van der Waals surface area contributed by atoms with Crippen molar-refractivity contribution >= 4 is 11.7 Å². The first-order chi connectivity index (χ1) is 9.54. The molecule has 0 bridgehead atoms. The van der Waals surface area contributed by atoms with Crippen LogP contribution in [0, 0.1) is 11.3 Å². The summed E-state index contributed by atoms with van der Waals surface area (Å²) < 4.78 is 5.77. The Morgan fingerprint density at radius 2 is 2.25 bits per heavy atom. The molecule has 0 aliphatic rings. The summed E-state index contributed by atoms with van der Waals surface area (Å²) in [5, 5.41) is 7.40. The molecule has 0 aliphatic heterocycles. The Morgan fingerprint density at radius 1 is 1.50 bits per heavy atom. The van der Waals surface area contributed by atoms with E-state index in [1.165, 1.54) is 0 Å². The summed E-state index contributed by atoms with van der Waals surface area (Å²) in [5.41, 5.74) is 5.47. The van der Waals surface area contributed by atoms with Crippen LogP contribution in [0.4, 0.5) is 5.82 Å². The van der Waals surface area contributed by atoms with Gasteiger partial charge in [0.05, 0.1) is 12.4 Å². The Balaban J connectivity index is 2.90. The number of nitrogens with zero attached hydrogens (tertiary/aromatic N) is 2. The maximum Gasteiger partial charge on any atom is 0.171 e. The number of anilines is 1. The van der Waals surface area contributed by atoms with Gasteiger partial charge in [-0.25, -0.2) is 4.98 Å². The van der Waals surface area contributed by atoms with Crippen LogP contribution in [0.3, 0.4) is 0 Å². The van der Waals surface area contributed by atoms with E-state index in [1.54, 1.807) is 6.20 Å². The summed E-state index contributed by atoms with van der Waals surface area (Å²) in [4.78, 5) is 6.60. The molecule has 0 saturated carbocycles. The van der Waals surface area contributed by atoms with Gasteiger partial charge in [-0.1, -0.05) is 20.8 Å². The highest BCUT2D eigenvalue weighted by Crippen LogP contribution is 2.26. The van der Waals surface area contributed by atoms with Crippen LogP contribution in [0.25, 0.3) is 0 Å². The second-order valence-electron chi connectivity index (χ2n) is 5.29. The average molecular weight is 278 g/mol. The number of hydrogen-bond acceptors (Lipinski definition) is 4. The largest absolute Gasteiger partial charge is 0.490 e. The summed E-state index contributed by atoms with van der Waals surface area (Å²) in [5.74, 6) is 2.35. The van der Waals surface area contributed by atoms with Crippen LogP contribution >= 0.6 is 0 Å². The lowest BCUT2D eigenvalue weighted by Crippen LogP contribution is -2.32. The number of hydrogen-bond donors (Lipinski definition) is 2. The van der Waals surface area contributed by atoms with Gasteiger partial charge in [-0.15, -0.1) is 0 Å². The SMILES string of the molecule is CCCOc1cccnc1N(CCC(=N)N)CC(C)C. The molecule has 0 amide bonds. The van der Waals surface area contributed by atoms with Crippen LogP contribution in [0.2, 0.25) is 0 Å². The van der Waals surface area contributed by atoms with E-state index in [0.717, 1.165) is 24.5 Å². The zero-order valence-corrected chi connectivity index (χ0v) is 12.7. The van der Waals surface area contributed by atoms with Crippen molar-refractivity contribution in [2.24, 2.45) is 11.7 Å². The van der Waals surface area contributed by atoms with Crippen molar-refractivity contribution in [2.45, 2.75) is 33.6 Å². The molecular weight excluding hydrogens is 252 g/mol. The minimum atomic E-state index is 0.200. The monoisotopic (exact) mass is 278 g/mol. The number of rotatable bonds is 9. The van der Waals surface area contributed by atoms with E-state index in [4.69, 9.17) is 15.9 Å². The maximum atomic E-state index is 7.40. The molecule has 0 fully saturated rings. The first-order valence-corrected chi connectivity index (χ1v) is 7.20. The summed E-state index contributed by atoms with van der Waals surface area (Å²) in [6.07, 6.45) is 3.28. The fraction of sp³-hybridized carbons (Fsp3) is 0.600. The standard InChI is InChI=1S/C15H26N4O/c1-4-10-20-13-6-5-8-18-15(13)19(11-12(2)3)9-7-14(16)17/h5-6,8,12H,4,7,9-11H2,1-3H3,(H3,16,17). The highest BCUT2D eigenvalue weighted by molar-refractivity contribution is 5.77. The Bertz CT molecular complexity index is 420. The zero-order chi connectivity index (χ0) is 15.0. The lowest BCUT2D eigenvalue weighted by Gasteiger charge is -2.27. The molecule has 20 heavy (non-hydrogen) atoms. The summed E-state index contributed by atoms with van der Waals surface area (Å²) in [6, 6.07) is 3.83. The van der Waals surface area contributed by atoms with E-state index in [0.29, 0.717) is 25.5 Å². The first-order valence-electron chi connectivity index (χ1n) is 7.20. The molecule has 0 saturated heterocycles. The Morgan fingerprint density at radius 3 is 2.85 bits per heavy atom. The molecule has 0 aliphatic carbocycles. The van der Waals surface area contributed by atoms with Gasteiger partial charge in [0.25, 0.3) is 0 Å². The van der Waals surface area contributed by atoms with Gasteiger partial charge in [0.1, 0.15) is 0 Å². The third kappa shape index (κ3) is 5.47. The fourth-order valence-corrected chi connectivity index (χ4v) is 1.92. The molecule has 0 atom stereocenters. The molecule has 1 aromatic rings. The molecule has 5 nitrogen and oxygen atoms in total. The van der Waals surface area contributed by atoms with E-state index < -0.39 is 0 Å². The van der Waals surface area contributed by atoms with E-state index in [2.05, 4.69) is 30.7 Å². The normalized spacial score (nSPS) is 10.6. The molecule has 1 rings (SSSR count). The van der Waals surface area contributed by atoms with E-state index >= 15 is 0 Å². The number of nitrogens with one attached hydrogen (secondary N) is 1. The Labute approximate surface area is 121 Å². The van der Waals surface area contributed by atoms with Crippen molar-refractivity contribution in [3.63, 3.8) is 0 Å². The van der Waals surface area contributed by atoms with Gasteiger partial charge in [0.2, 0.25) is 0 Å². The molecular formula is C15H26N4O. The van der Waals surface area contributed by atoms with Crippen LogP contribution in [-0.2, 0) is 0 Å². The molecule has 1 aromatic heterocycles. The van der Waals surface area contributed by atoms with Crippen LogP contribution in [0.1, 0.15) is 33.6 Å². The minimum absolute atomic E-state index is 0.200.